The first-order chi connectivity index (χ1) is 21.0. The molecule has 0 radical (unpaired) electrons. The Balaban J connectivity index is 4.50. The third-order valence-corrected chi connectivity index (χ3v) is 14.4. The maximum atomic E-state index is 13.5. The number of carboxylic acid groups (broad SMARTS) is 1. The van der Waals surface area contributed by atoms with Crippen LogP contribution in [-0.4, -0.2) is 64.2 Å². The van der Waals surface area contributed by atoms with Gasteiger partial charge in [0.25, 0.3) is 0 Å². The van der Waals surface area contributed by atoms with Crippen molar-refractivity contribution < 1.29 is 37.2 Å². The Morgan fingerprint density at radius 3 is 1.62 bits per heavy atom. The number of rotatable bonds is 29. The minimum absolute atomic E-state index is 0.0226. The van der Waals surface area contributed by atoms with E-state index in [2.05, 4.69) is 46.1 Å². The summed E-state index contributed by atoms with van der Waals surface area (Å²) in [4.78, 5) is 10.8. The van der Waals surface area contributed by atoms with E-state index in [9.17, 15) is 9.36 Å². The summed E-state index contributed by atoms with van der Waals surface area (Å²) in [7, 11) is -6.17. The summed E-state index contributed by atoms with van der Waals surface area (Å²) in [6.07, 6.45) is 19.7. The molecular formula is C34H72NO8PSi. The van der Waals surface area contributed by atoms with Gasteiger partial charge in [0.1, 0.15) is 0 Å². The highest BCUT2D eigenvalue weighted by atomic mass is 31.2. The smallest absolute Gasteiger partial charge is 0.465 e. The fraction of sp³-hybridized carbons (Fsp3) is 0.971. The molecule has 0 aliphatic heterocycles. The Bertz CT molecular complexity index is 785. The highest BCUT2D eigenvalue weighted by Gasteiger charge is 2.40. The van der Waals surface area contributed by atoms with Gasteiger partial charge >= 0.3 is 13.9 Å². The van der Waals surface area contributed by atoms with Crippen LogP contribution in [0.5, 0.6) is 0 Å². The van der Waals surface area contributed by atoms with Gasteiger partial charge in [0.05, 0.1) is 31.5 Å². The maximum absolute atomic E-state index is 13.5. The number of hydrogen-bond donors (Lipinski definition) is 2. The number of ether oxygens (including phenoxy) is 1. The largest absolute Gasteiger partial charge is 0.475 e. The van der Waals surface area contributed by atoms with Crippen molar-refractivity contribution in [2.45, 2.75) is 181 Å². The molecule has 0 heterocycles. The number of hydrogen-bond acceptors (Lipinski definition) is 7. The first-order valence-electron chi connectivity index (χ1n) is 17.8. The molecule has 0 saturated heterocycles. The molecule has 2 N–H and O–H groups in total. The van der Waals surface area contributed by atoms with E-state index in [0.717, 1.165) is 12.8 Å². The number of amides is 1. The minimum Gasteiger partial charge on any atom is -0.465 e. The molecule has 0 aromatic carbocycles. The van der Waals surface area contributed by atoms with E-state index in [0.29, 0.717) is 13.2 Å². The predicted octanol–water partition coefficient (Wildman–Crippen LogP) is 10.9. The van der Waals surface area contributed by atoms with Crippen LogP contribution >= 0.6 is 7.82 Å². The number of unbranched alkanes of at least 4 members (excludes halogenated alkanes) is 15. The fourth-order valence-electron chi connectivity index (χ4n) is 4.59. The summed E-state index contributed by atoms with van der Waals surface area (Å²) in [5.74, 6) is 0. The molecule has 0 saturated carbocycles. The standard InChI is InChI=1S/C34H72NO8PSi/c1-10-11-12-13-14-15-16-17-18-19-20-21-22-23-24-25-27-39-29-31(42-45(8,9)34(5,6)7)30-41-44(38,43-33(2,3)4)40-28-26-35-32(36)37/h31,35H,10-30H2,1-9H3,(H,36,37)/t31-,44?/m1/s1. The zero-order valence-electron chi connectivity index (χ0n) is 30.7. The third kappa shape index (κ3) is 26.2. The van der Waals surface area contributed by atoms with E-state index >= 15 is 0 Å². The molecule has 2 atom stereocenters. The van der Waals surface area contributed by atoms with Crippen LogP contribution in [0.4, 0.5) is 4.79 Å². The van der Waals surface area contributed by atoms with Gasteiger partial charge in [-0.2, -0.15) is 0 Å². The first kappa shape index (κ1) is 44.5. The number of phosphoric ester groups is 1. The van der Waals surface area contributed by atoms with Gasteiger partial charge in [-0.25, -0.2) is 9.36 Å². The lowest BCUT2D eigenvalue weighted by Crippen LogP contribution is -2.46. The average Bonchev–Trinajstić information content (AvgIpc) is 2.91. The molecule has 0 spiro atoms. The molecule has 0 aliphatic carbocycles. The van der Waals surface area contributed by atoms with E-state index in [-0.39, 0.29) is 24.8 Å². The van der Waals surface area contributed by atoms with Gasteiger partial charge in [0.15, 0.2) is 8.32 Å². The van der Waals surface area contributed by atoms with Crippen LogP contribution < -0.4 is 5.32 Å². The summed E-state index contributed by atoms with van der Waals surface area (Å²) in [6, 6.07) is 0. The van der Waals surface area contributed by atoms with Crippen molar-refractivity contribution in [1.82, 2.24) is 5.32 Å². The molecule has 0 aromatic rings. The highest BCUT2D eigenvalue weighted by molar-refractivity contribution is 7.48. The Morgan fingerprint density at radius 2 is 1.20 bits per heavy atom. The number of phosphoric acid groups is 1. The van der Waals surface area contributed by atoms with Crippen molar-refractivity contribution in [2.75, 3.05) is 33.0 Å². The van der Waals surface area contributed by atoms with Crippen LogP contribution in [-0.2, 0) is 27.3 Å². The molecule has 9 nitrogen and oxygen atoms in total. The molecular weight excluding hydrogens is 609 g/mol. The van der Waals surface area contributed by atoms with Gasteiger partial charge in [-0.15, -0.1) is 0 Å². The van der Waals surface area contributed by atoms with E-state index in [1.54, 1.807) is 20.8 Å². The average molecular weight is 682 g/mol. The minimum atomic E-state index is -3.99. The van der Waals surface area contributed by atoms with Gasteiger partial charge in [-0.1, -0.05) is 124 Å². The molecule has 0 aliphatic rings. The molecule has 11 heteroatoms. The van der Waals surface area contributed by atoms with Gasteiger partial charge in [0, 0.05) is 13.2 Å². The van der Waals surface area contributed by atoms with Crippen LogP contribution in [0.1, 0.15) is 151 Å². The first-order valence-corrected chi connectivity index (χ1v) is 22.2. The van der Waals surface area contributed by atoms with Crippen molar-refractivity contribution in [1.29, 1.82) is 0 Å². The molecule has 0 fully saturated rings. The molecule has 0 bridgehead atoms. The molecule has 0 aromatic heterocycles. The van der Waals surface area contributed by atoms with Crippen molar-refractivity contribution >= 4 is 22.2 Å². The van der Waals surface area contributed by atoms with E-state index < -0.39 is 33.9 Å². The van der Waals surface area contributed by atoms with Crippen LogP contribution in [0.3, 0.4) is 0 Å². The Kier molecular flexibility index (Phi) is 24.4. The van der Waals surface area contributed by atoms with Gasteiger partial charge in [-0.05, 0) is 45.3 Å². The van der Waals surface area contributed by atoms with Crippen molar-refractivity contribution in [3.8, 4) is 0 Å². The van der Waals surface area contributed by atoms with Gasteiger partial charge in [-0.3, -0.25) is 13.6 Å². The number of nitrogens with one attached hydrogen (secondary N) is 1. The van der Waals surface area contributed by atoms with Crippen molar-refractivity contribution in [3.63, 3.8) is 0 Å². The molecule has 270 valence electrons. The molecule has 0 rings (SSSR count). The van der Waals surface area contributed by atoms with Crippen LogP contribution in [0.2, 0.25) is 18.1 Å². The van der Waals surface area contributed by atoms with Gasteiger partial charge in [0.2, 0.25) is 0 Å². The predicted molar refractivity (Wildman–Crippen MR) is 189 cm³/mol. The van der Waals surface area contributed by atoms with Crippen molar-refractivity contribution in [3.05, 3.63) is 0 Å². The lowest BCUT2D eigenvalue weighted by Gasteiger charge is -2.39. The normalized spacial score (nSPS) is 14.8. The van der Waals surface area contributed by atoms with Crippen LogP contribution in [0.25, 0.3) is 0 Å². The van der Waals surface area contributed by atoms with Crippen molar-refractivity contribution in [2.24, 2.45) is 0 Å². The monoisotopic (exact) mass is 681 g/mol. The van der Waals surface area contributed by atoms with E-state index in [1.165, 1.54) is 89.9 Å². The second-order valence-electron chi connectivity index (χ2n) is 14.9. The molecule has 1 amide bonds. The SMILES string of the molecule is CCCCCCCCCCCCCCCCCCOC[C@H](COP(=O)(OCCNC(=O)O)OC(C)(C)C)O[Si](C)(C)C(C)(C)C. The summed E-state index contributed by atoms with van der Waals surface area (Å²) in [5.41, 5.74) is -0.796. The fourth-order valence-corrected chi connectivity index (χ4v) is 7.43. The summed E-state index contributed by atoms with van der Waals surface area (Å²) in [6.45, 7) is 19.1. The summed E-state index contributed by atoms with van der Waals surface area (Å²) < 4.78 is 43.0. The third-order valence-electron chi connectivity index (χ3n) is 8.15. The van der Waals surface area contributed by atoms with Crippen LogP contribution in [0, 0.1) is 0 Å². The highest BCUT2D eigenvalue weighted by Crippen LogP contribution is 2.52. The van der Waals surface area contributed by atoms with E-state index in [1.807, 2.05) is 0 Å². The second-order valence-corrected chi connectivity index (χ2v) is 21.2. The lowest BCUT2D eigenvalue weighted by molar-refractivity contribution is -0.00722. The second kappa shape index (κ2) is 24.6. The quantitative estimate of drug-likeness (QED) is 0.0456. The van der Waals surface area contributed by atoms with E-state index in [4.69, 9.17) is 27.8 Å². The topological polar surface area (TPSA) is 113 Å². The lowest BCUT2D eigenvalue weighted by atomic mass is 10.0. The summed E-state index contributed by atoms with van der Waals surface area (Å²) >= 11 is 0. The summed E-state index contributed by atoms with van der Waals surface area (Å²) in [5, 5.41) is 11.0. The van der Waals surface area contributed by atoms with Gasteiger partial charge < -0.3 is 19.6 Å². The Morgan fingerprint density at radius 1 is 0.733 bits per heavy atom. The van der Waals surface area contributed by atoms with Crippen LogP contribution in [0.15, 0.2) is 0 Å². The zero-order valence-corrected chi connectivity index (χ0v) is 32.6. The molecule has 1 unspecified atom stereocenters. The number of carbonyl (C=O) groups is 1. The Hall–Kier alpha value is -0.483. The molecule has 45 heavy (non-hydrogen) atoms. The Labute approximate surface area is 278 Å². The zero-order chi connectivity index (χ0) is 34.2. The maximum Gasteiger partial charge on any atom is 0.475 e.